The highest BCUT2D eigenvalue weighted by Crippen LogP contribution is 2.25. The van der Waals surface area contributed by atoms with Crippen LogP contribution in [0.3, 0.4) is 0 Å². The van der Waals surface area contributed by atoms with E-state index < -0.39 is 0 Å². The first-order chi connectivity index (χ1) is 8.45. The van der Waals surface area contributed by atoms with Gasteiger partial charge in [-0.1, -0.05) is 25.9 Å². The van der Waals surface area contributed by atoms with Crippen molar-refractivity contribution in [2.24, 2.45) is 0 Å². The van der Waals surface area contributed by atoms with Crippen molar-refractivity contribution in [3.05, 3.63) is 27.8 Å². The molecule has 0 amide bonds. The van der Waals surface area contributed by atoms with E-state index in [1.807, 2.05) is 0 Å². The summed E-state index contributed by atoms with van der Waals surface area (Å²) in [4.78, 5) is 8.74. The summed E-state index contributed by atoms with van der Waals surface area (Å²) in [6.45, 7) is 9.62. The van der Waals surface area contributed by atoms with Crippen LogP contribution in [-0.2, 0) is 18.5 Å². The van der Waals surface area contributed by atoms with Gasteiger partial charge in [-0.3, -0.25) is 0 Å². The molecule has 0 unspecified atom stereocenters. The normalized spacial score (nSPS) is 12.0. The third kappa shape index (κ3) is 3.36. The Kier molecular flexibility index (Phi) is 3.77. The highest BCUT2D eigenvalue weighted by atomic mass is 32.1. The van der Waals surface area contributed by atoms with Crippen molar-refractivity contribution < 1.29 is 4.52 Å². The van der Waals surface area contributed by atoms with Gasteiger partial charge >= 0.3 is 0 Å². The predicted octanol–water partition coefficient (Wildman–Crippen LogP) is 2.42. The second kappa shape index (κ2) is 5.16. The number of rotatable bonds is 4. The minimum atomic E-state index is 0.119. The summed E-state index contributed by atoms with van der Waals surface area (Å²) < 4.78 is 4.90. The smallest absolute Gasteiger partial charge is 0.223 e. The van der Waals surface area contributed by atoms with E-state index in [0.29, 0.717) is 18.3 Å². The summed E-state index contributed by atoms with van der Waals surface area (Å²) in [5.74, 6) is 1.27. The summed E-state index contributed by atoms with van der Waals surface area (Å²) >= 11 is 1.71. The maximum atomic E-state index is 4.90. The molecule has 0 fully saturated rings. The van der Waals surface area contributed by atoms with E-state index in [0.717, 1.165) is 17.2 Å². The molecule has 2 rings (SSSR count). The predicted molar refractivity (Wildman–Crippen MR) is 70.4 cm³/mol. The molecule has 0 spiro atoms. The lowest BCUT2D eigenvalue weighted by Crippen LogP contribution is -2.15. The number of aryl methyl sites for hydroxylation is 1. The Labute approximate surface area is 111 Å². The standard InChI is InChI=1S/C12H18N4OS/c1-8-14-10(16-17-8)6-13-5-9-7-18-11(15-9)12(2,3)4/h7,13H,5-6H2,1-4H3. The lowest BCUT2D eigenvalue weighted by atomic mass is 9.98. The van der Waals surface area contributed by atoms with Gasteiger partial charge in [0.15, 0.2) is 5.82 Å². The summed E-state index contributed by atoms with van der Waals surface area (Å²) in [6, 6.07) is 0. The molecular weight excluding hydrogens is 248 g/mol. The van der Waals surface area contributed by atoms with E-state index in [1.54, 1.807) is 18.3 Å². The van der Waals surface area contributed by atoms with Gasteiger partial charge < -0.3 is 9.84 Å². The molecule has 2 aromatic rings. The topological polar surface area (TPSA) is 63.8 Å². The molecule has 6 heteroatoms. The fraction of sp³-hybridized carbons (Fsp3) is 0.583. The highest BCUT2D eigenvalue weighted by molar-refractivity contribution is 7.09. The molecule has 0 aliphatic rings. The SMILES string of the molecule is Cc1nc(CNCc2csc(C(C)(C)C)n2)no1. The third-order valence-electron chi connectivity index (χ3n) is 2.35. The fourth-order valence-corrected chi connectivity index (χ4v) is 2.36. The van der Waals surface area contributed by atoms with Crippen LogP contribution < -0.4 is 5.32 Å². The number of thiazole rings is 1. The Bertz CT molecular complexity index is 512. The van der Waals surface area contributed by atoms with Crippen LogP contribution in [0.5, 0.6) is 0 Å². The second-order valence-electron chi connectivity index (χ2n) is 5.23. The molecule has 0 radical (unpaired) electrons. The molecule has 18 heavy (non-hydrogen) atoms. The van der Waals surface area contributed by atoms with Crippen LogP contribution in [0.1, 0.15) is 43.2 Å². The number of nitrogens with zero attached hydrogens (tertiary/aromatic N) is 3. The molecule has 98 valence electrons. The van der Waals surface area contributed by atoms with Crippen molar-refractivity contribution >= 4 is 11.3 Å². The number of nitrogens with one attached hydrogen (secondary N) is 1. The maximum absolute atomic E-state index is 4.90. The van der Waals surface area contributed by atoms with Gasteiger partial charge in [-0.05, 0) is 0 Å². The largest absolute Gasteiger partial charge is 0.340 e. The molecular formula is C12H18N4OS. The van der Waals surface area contributed by atoms with E-state index in [9.17, 15) is 0 Å². The Morgan fingerprint density at radius 1 is 1.28 bits per heavy atom. The zero-order valence-electron chi connectivity index (χ0n) is 11.1. The van der Waals surface area contributed by atoms with Crippen LogP contribution in [0.15, 0.2) is 9.90 Å². The van der Waals surface area contributed by atoms with Crippen molar-refractivity contribution in [2.75, 3.05) is 0 Å². The van der Waals surface area contributed by atoms with Crippen molar-refractivity contribution in [2.45, 2.75) is 46.2 Å². The molecule has 0 bridgehead atoms. The van der Waals surface area contributed by atoms with E-state index in [2.05, 4.69) is 46.6 Å². The van der Waals surface area contributed by atoms with E-state index in [-0.39, 0.29) is 5.41 Å². The zero-order valence-corrected chi connectivity index (χ0v) is 12.0. The van der Waals surface area contributed by atoms with Crippen molar-refractivity contribution in [1.29, 1.82) is 0 Å². The second-order valence-corrected chi connectivity index (χ2v) is 6.09. The lowest BCUT2D eigenvalue weighted by Gasteiger charge is -2.13. The molecule has 2 heterocycles. The monoisotopic (exact) mass is 266 g/mol. The average molecular weight is 266 g/mol. The molecule has 0 aliphatic carbocycles. The van der Waals surface area contributed by atoms with Crippen LogP contribution in [0, 0.1) is 6.92 Å². The summed E-state index contributed by atoms with van der Waals surface area (Å²) in [7, 11) is 0. The number of hydrogen-bond acceptors (Lipinski definition) is 6. The number of hydrogen-bond donors (Lipinski definition) is 1. The summed E-state index contributed by atoms with van der Waals surface area (Å²) in [5, 5.41) is 10.3. The van der Waals surface area contributed by atoms with Crippen molar-refractivity contribution in [3.63, 3.8) is 0 Å². The average Bonchev–Trinajstić information content (AvgIpc) is 2.87. The van der Waals surface area contributed by atoms with Gasteiger partial charge in [0.1, 0.15) is 0 Å². The lowest BCUT2D eigenvalue weighted by molar-refractivity contribution is 0.385. The Morgan fingerprint density at radius 2 is 2.06 bits per heavy atom. The number of aromatic nitrogens is 3. The highest BCUT2D eigenvalue weighted by Gasteiger charge is 2.17. The van der Waals surface area contributed by atoms with Crippen molar-refractivity contribution in [3.8, 4) is 0 Å². The van der Waals surface area contributed by atoms with E-state index in [4.69, 9.17) is 4.52 Å². The van der Waals surface area contributed by atoms with Crippen LogP contribution >= 0.6 is 11.3 Å². The molecule has 0 aromatic carbocycles. The quantitative estimate of drug-likeness (QED) is 0.920. The minimum Gasteiger partial charge on any atom is -0.340 e. The Balaban J connectivity index is 1.85. The van der Waals surface area contributed by atoms with Crippen LogP contribution in [0.25, 0.3) is 0 Å². The summed E-state index contributed by atoms with van der Waals surface area (Å²) in [5.41, 5.74) is 1.18. The Morgan fingerprint density at radius 3 is 2.61 bits per heavy atom. The summed E-state index contributed by atoms with van der Waals surface area (Å²) in [6.07, 6.45) is 0. The van der Waals surface area contributed by atoms with Crippen molar-refractivity contribution in [1.82, 2.24) is 20.4 Å². The fourth-order valence-electron chi connectivity index (χ4n) is 1.45. The van der Waals surface area contributed by atoms with Crippen LogP contribution in [-0.4, -0.2) is 15.1 Å². The van der Waals surface area contributed by atoms with Crippen LogP contribution in [0.4, 0.5) is 0 Å². The van der Waals surface area contributed by atoms with E-state index in [1.165, 1.54) is 0 Å². The molecule has 2 aromatic heterocycles. The third-order valence-corrected chi connectivity index (χ3v) is 3.67. The van der Waals surface area contributed by atoms with Gasteiger partial charge in [0, 0.05) is 24.3 Å². The zero-order chi connectivity index (χ0) is 13.2. The first-order valence-corrected chi connectivity index (χ1v) is 6.78. The molecule has 0 aliphatic heterocycles. The van der Waals surface area contributed by atoms with Gasteiger partial charge in [0.25, 0.3) is 0 Å². The molecule has 1 N–H and O–H groups in total. The molecule has 0 saturated heterocycles. The van der Waals surface area contributed by atoms with Gasteiger partial charge in [-0.2, -0.15) is 4.98 Å². The van der Waals surface area contributed by atoms with Gasteiger partial charge in [-0.25, -0.2) is 4.98 Å². The van der Waals surface area contributed by atoms with Gasteiger partial charge in [0.05, 0.1) is 17.2 Å². The van der Waals surface area contributed by atoms with E-state index >= 15 is 0 Å². The first kappa shape index (κ1) is 13.2. The minimum absolute atomic E-state index is 0.119. The van der Waals surface area contributed by atoms with Gasteiger partial charge in [0.2, 0.25) is 5.89 Å². The first-order valence-electron chi connectivity index (χ1n) is 5.90. The maximum Gasteiger partial charge on any atom is 0.223 e. The molecule has 0 saturated carbocycles. The van der Waals surface area contributed by atoms with Crippen LogP contribution in [0.2, 0.25) is 0 Å². The molecule has 5 nitrogen and oxygen atoms in total. The molecule has 0 atom stereocenters. The Hall–Kier alpha value is -1.27. The van der Waals surface area contributed by atoms with Gasteiger partial charge in [-0.15, -0.1) is 11.3 Å².